The van der Waals surface area contributed by atoms with Crippen molar-refractivity contribution in [1.82, 2.24) is 10.2 Å². The summed E-state index contributed by atoms with van der Waals surface area (Å²) in [5.74, 6) is 1.96. The third kappa shape index (κ3) is 4.68. The predicted octanol–water partition coefficient (Wildman–Crippen LogP) is 1.99. The average molecular weight is 267 g/mol. The van der Waals surface area contributed by atoms with Crippen molar-refractivity contribution in [3.8, 4) is 0 Å². The topological polar surface area (TPSA) is 47.9 Å². The van der Waals surface area contributed by atoms with Crippen LogP contribution in [0.5, 0.6) is 0 Å². The number of aliphatic hydroxyl groups is 1. The zero-order valence-electron chi connectivity index (χ0n) is 12.3. The van der Waals surface area contributed by atoms with Gasteiger partial charge in [-0.15, -0.1) is 0 Å². The van der Waals surface area contributed by atoms with Crippen LogP contribution < -0.4 is 5.32 Å². The average Bonchev–Trinajstić information content (AvgIpc) is 3.04. The second-order valence-electron chi connectivity index (χ2n) is 5.92. The maximum atomic E-state index is 9.61. The smallest absolute Gasteiger partial charge is 0.194 e. The summed E-state index contributed by atoms with van der Waals surface area (Å²) in [6.45, 7) is 5.57. The molecule has 1 atom stereocenters. The molecule has 110 valence electrons. The summed E-state index contributed by atoms with van der Waals surface area (Å²) < 4.78 is 0. The molecule has 2 rings (SSSR count). The van der Waals surface area contributed by atoms with Gasteiger partial charge in [0.15, 0.2) is 5.96 Å². The van der Waals surface area contributed by atoms with Crippen LogP contribution in [0.4, 0.5) is 0 Å². The van der Waals surface area contributed by atoms with Crippen LogP contribution in [0.1, 0.15) is 51.9 Å². The lowest BCUT2D eigenvalue weighted by atomic mass is 10.0. The zero-order valence-corrected chi connectivity index (χ0v) is 12.3. The number of likely N-dealkylation sites (tertiary alicyclic amines) is 1. The van der Waals surface area contributed by atoms with Gasteiger partial charge in [0.25, 0.3) is 0 Å². The van der Waals surface area contributed by atoms with Gasteiger partial charge in [0.1, 0.15) is 0 Å². The summed E-state index contributed by atoms with van der Waals surface area (Å²) in [6, 6.07) is 0. The minimum absolute atomic E-state index is 0.178. The van der Waals surface area contributed by atoms with Gasteiger partial charge in [-0.05, 0) is 32.1 Å². The molecule has 2 fully saturated rings. The molecule has 1 saturated carbocycles. The summed E-state index contributed by atoms with van der Waals surface area (Å²) in [4.78, 5) is 6.90. The lowest BCUT2D eigenvalue weighted by Crippen LogP contribution is -2.40. The van der Waals surface area contributed by atoms with Crippen molar-refractivity contribution < 1.29 is 5.11 Å². The molecule has 0 aromatic rings. The predicted molar refractivity (Wildman–Crippen MR) is 79.4 cm³/mol. The van der Waals surface area contributed by atoms with Crippen LogP contribution in [-0.4, -0.2) is 48.2 Å². The third-order valence-electron chi connectivity index (χ3n) is 4.30. The molecule has 2 aliphatic rings. The number of hydrogen-bond acceptors (Lipinski definition) is 2. The van der Waals surface area contributed by atoms with E-state index >= 15 is 0 Å². The third-order valence-corrected chi connectivity index (χ3v) is 4.30. The Morgan fingerprint density at radius 2 is 2.11 bits per heavy atom. The first-order valence-corrected chi connectivity index (χ1v) is 8.01. The number of β-amino-alcohol motifs (C(OH)–C–C–N with tert-alkyl or cyclic N) is 1. The maximum absolute atomic E-state index is 9.61. The number of aliphatic hydroxyl groups excluding tert-OH is 1. The van der Waals surface area contributed by atoms with Gasteiger partial charge in [-0.25, -0.2) is 0 Å². The molecule has 0 unspecified atom stereocenters. The van der Waals surface area contributed by atoms with Crippen molar-refractivity contribution in [3.05, 3.63) is 0 Å². The van der Waals surface area contributed by atoms with E-state index in [0.29, 0.717) is 0 Å². The molecule has 1 heterocycles. The SMILES string of the molecule is CCNC(=NCCCC1CCCC1)N1CC[C@@H](O)C1. The van der Waals surface area contributed by atoms with Gasteiger partial charge in [0.2, 0.25) is 0 Å². The van der Waals surface area contributed by atoms with Crippen molar-refractivity contribution >= 4 is 5.96 Å². The molecule has 1 aliphatic carbocycles. The van der Waals surface area contributed by atoms with Gasteiger partial charge in [0, 0.05) is 26.2 Å². The minimum atomic E-state index is -0.178. The molecule has 4 heteroatoms. The van der Waals surface area contributed by atoms with E-state index in [2.05, 4.69) is 17.1 Å². The number of aliphatic imine (C=N–C) groups is 1. The Balaban J connectivity index is 1.72. The Hall–Kier alpha value is -0.770. The molecular weight excluding hydrogens is 238 g/mol. The first-order valence-electron chi connectivity index (χ1n) is 8.01. The Morgan fingerprint density at radius 3 is 2.74 bits per heavy atom. The van der Waals surface area contributed by atoms with Crippen LogP contribution in [-0.2, 0) is 0 Å². The second kappa shape index (κ2) is 7.73. The van der Waals surface area contributed by atoms with Crippen LogP contribution in [0.15, 0.2) is 4.99 Å². The summed E-state index contributed by atoms with van der Waals surface area (Å²) in [6.07, 6.45) is 8.96. The Morgan fingerprint density at radius 1 is 1.32 bits per heavy atom. The van der Waals surface area contributed by atoms with Crippen LogP contribution in [0.25, 0.3) is 0 Å². The van der Waals surface area contributed by atoms with E-state index in [9.17, 15) is 5.11 Å². The van der Waals surface area contributed by atoms with Gasteiger partial charge in [-0.1, -0.05) is 25.7 Å². The largest absolute Gasteiger partial charge is 0.391 e. The lowest BCUT2D eigenvalue weighted by molar-refractivity contribution is 0.188. The number of rotatable bonds is 5. The highest BCUT2D eigenvalue weighted by molar-refractivity contribution is 5.80. The fourth-order valence-electron chi connectivity index (χ4n) is 3.22. The molecule has 0 radical (unpaired) electrons. The number of hydrogen-bond donors (Lipinski definition) is 2. The van der Waals surface area contributed by atoms with Crippen molar-refractivity contribution in [2.24, 2.45) is 10.9 Å². The summed E-state index contributed by atoms with van der Waals surface area (Å²) >= 11 is 0. The monoisotopic (exact) mass is 267 g/mol. The summed E-state index contributed by atoms with van der Waals surface area (Å²) in [5.41, 5.74) is 0. The first-order chi connectivity index (χ1) is 9.29. The fourth-order valence-corrected chi connectivity index (χ4v) is 3.22. The zero-order chi connectivity index (χ0) is 13.5. The van der Waals surface area contributed by atoms with Crippen molar-refractivity contribution in [3.63, 3.8) is 0 Å². The lowest BCUT2D eigenvalue weighted by Gasteiger charge is -2.21. The van der Waals surface area contributed by atoms with Crippen LogP contribution >= 0.6 is 0 Å². The van der Waals surface area contributed by atoms with Crippen molar-refractivity contribution in [2.45, 2.75) is 58.0 Å². The van der Waals surface area contributed by atoms with Gasteiger partial charge in [-0.2, -0.15) is 0 Å². The van der Waals surface area contributed by atoms with Gasteiger partial charge in [-0.3, -0.25) is 4.99 Å². The second-order valence-corrected chi connectivity index (χ2v) is 5.92. The fraction of sp³-hybridized carbons (Fsp3) is 0.933. The van der Waals surface area contributed by atoms with Crippen molar-refractivity contribution in [1.29, 1.82) is 0 Å². The molecule has 0 spiro atoms. The quantitative estimate of drug-likeness (QED) is 0.455. The van der Waals surface area contributed by atoms with E-state index in [1.54, 1.807) is 0 Å². The molecule has 1 aliphatic heterocycles. The van der Waals surface area contributed by atoms with Crippen LogP contribution in [0, 0.1) is 5.92 Å². The Bertz CT molecular complexity index is 287. The first kappa shape index (κ1) is 14.6. The minimum Gasteiger partial charge on any atom is -0.391 e. The van der Waals surface area contributed by atoms with E-state index in [0.717, 1.165) is 44.5 Å². The molecule has 1 saturated heterocycles. The van der Waals surface area contributed by atoms with Crippen LogP contribution in [0.2, 0.25) is 0 Å². The summed E-state index contributed by atoms with van der Waals surface area (Å²) in [5, 5.41) is 12.9. The number of nitrogens with one attached hydrogen (secondary N) is 1. The molecule has 0 aromatic heterocycles. The summed E-state index contributed by atoms with van der Waals surface area (Å²) in [7, 11) is 0. The molecular formula is C15H29N3O. The molecule has 4 nitrogen and oxygen atoms in total. The van der Waals surface area contributed by atoms with Gasteiger partial charge >= 0.3 is 0 Å². The molecule has 2 N–H and O–H groups in total. The number of nitrogens with zero attached hydrogens (tertiary/aromatic N) is 2. The normalized spacial score (nSPS) is 25.3. The Kier molecular flexibility index (Phi) is 5.95. The van der Waals surface area contributed by atoms with E-state index < -0.39 is 0 Å². The van der Waals surface area contributed by atoms with Crippen molar-refractivity contribution in [2.75, 3.05) is 26.2 Å². The highest BCUT2D eigenvalue weighted by Crippen LogP contribution is 2.28. The molecule has 0 bridgehead atoms. The van der Waals surface area contributed by atoms with E-state index in [1.165, 1.54) is 38.5 Å². The van der Waals surface area contributed by atoms with Gasteiger partial charge in [0.05, 0.1) is 6.10 Å². The molecule has 0 aromatic carbocycles. The molecule has 19 heavy (non-hydrogen) atoms. The standard InChI is InChI=1S/C15H29N3O/c1-2-16-15(18-11-9-14(19)12-18)17-10-5-8-13-6-3-4-7-13/h13-14,19H,2-12H2,1H3,(H,16,17)/t14-/m1/s1. The number of guanidine groups is 1. The van der Waals surface area contributed by atoms with Crippen LogP contribution in [0.3, 0.4) is 0 Å². The highest BCUT2D eigenvalue weighted by Gasteiger charge is 2.22. The highest BCUT2D eigenvalue weighted by atomic mass is 16.3. The maximum Gasteiger partial charge on any atom is 0.194 e. The van der Waals surface area contributed by atoms with E-state index in [1.807, 2.05) is 0 Å². The van der Waals surface area contributed by atoms with Gasteiger partial charge < -0.3 is 15.3 Å². The van der Waals surface area contributed by atoms with E-state index in [4.69, 9.17) is 4.99 Å². The van der Waals surface area contributed by atoms with E-state index in [-0.39, 0.29) is 6.10 Å². The molecule has 0 amide bonds. The Labute approximate surface area is 117 Å².